The Bertz CT molecular complexity index is 843. The molecule has 10 heteroatoms. The molecule has 0 atom stereocenters. The number of carbonyl (C=O) groups is 2. The second-order valence-electron chi connectivity index (χ2n) is 5.16. The number of benzene rings is 1. The molecule has 0 saturated carbocycles. The van der Waals surface area contributed by atoms with Crippen LogP contribution in [0.5, 0.6) is 0 Å². The lowest BCUT2D eigenvalue weighted by molar-refractivity contribution is 0.111. The number of nitrogens with zero attached hydrogens (tertiary/aromatic N) is 4. The van der Waals surface area contributed by atoms with Gasteiger partial charge in [0.2, 0.25) is 0 Å². The Morgan fingerprint density at radius 2 is 2.00 bits per heavy atom. The van der Waals surface area contributed by atoms with E-state index in [0.717, 1.165) is 0 Å². The minimum atomic E-state index is -0.992. The van der Waals surface area contributed by atoms with Gasteiger partial charge in [-0.25, -0.2) is 19.2 Å². The lowest BCUT2D eigenvalue weighted by Crippen LogP contribution is -2.48. The van der Waals surface area contributed by atoms with E-state index in [-0.39, 0.29) is 33.9 Å². The highest BCUT2D eigenvalue weighted by molar-refractivity contribution is 9.10. The molecule has 0 spiro atoms. The molecule has 0 bridgehead atoms. The van der Waals surface area contributed by atoms with Gasteiger partial charge in [-0.05, 0) is 22.0 Å². The summed E-state index contributed by atoms with van der Waals surface area (Å²) in [5.74, 6) is -0.458. The van der Waals surface area contributed by atoms with Crippen LogP contribution in [0.2, 0.25) is 5.02 Å². The van der Waals surface area contributed by atoms with Crippen molar-refractivity contribution in [1.82, 2.24) is 14.9 Å². The quantitative estimate of drug-likeness (QED) is 0.597. The highest BCUT2D eigenvalue weighted by Crippen LogP contribution is 2.35. The maximum absolute atomic E-state index is 14.4. The minimum Gasteiger partial charge on any atom is -0.465 e. The van der Waals surface area contributed by atoms with Crippen LogP contribution in [-0.4, -0.2) is 58.5 Å². The predicted molar refractivity (Wildman–Crippen MR) is 89.4 cm³/mol. The number of aldehydes is 1. The highest BCUT2D eigenvalue weighted by Gasteiger charge is 2.25. The molecule has 1 aliphatic rings. The molecule has 126 valence electrons. The van der Waals surface area contributed by atoms with Crippen molar-refractivity contribution in [2.45, 2.75) is 0 Å². The second-order valence-corrected chi connectivity index (χ2v) is 6.36. The zero-order valence-electron chi connectivity index (χ0n) is 12.2. The molecule has 1 aromatic heterocycles. The molecule has 2 heterocycles. The van der Waals surface area contributed by atoms with Crippen molar-refractivity contribution in [3.8, 4) is 0 Å². The van der Waals surface area contributed by atoms with E-state index in [0.29, 0.717) is 30.6 Å². The van der Waals surface area contributed by atoms with E-state index in [9.17, 15) is 14.0 Å². The fourth-order valence-electron chi connectivity index (χ4n) is 2.58. The van der Waals surface area contributed by atoms with Gasteiger partial charge in [0.1, 0.15) is 11.3 Å². The summed E-state index contributed by atoms with van der Waals surface area (Å²) < 4.78 is 14.5. The van der Waals surface area contributed by atoms with E-state index in [1.807, 2.05) is 0 Å². The third-order valence-corrected chi connectivity index (χ3v) is 5.08. The van der Waals surface area contributed by atoms with E-state index in [2.05, 4.69) is 25.9 Å². The molecule has 0 radical (unpaired) electrons. The number of amides is 1. The largest absolute Gasteiger partial charge is 0.465 e. The van der Waals surface area contributed by atoms with Gasteiger partial charge in [0.15, 0.2) is 17.9 Å². The Labute approximate surface area is 149 Å². The molecule has 1 N–H and O–H groups in total. The summed E-state index contributed by atoms with van der Waals surface area (Å²) in [5.41, 5.74) is -0.0148. The molecule has 3 rings (SSSR count). The number of hydrogen-bond acceptors (Lipinski definition) is 5. The van der Waals surface area contributed by atoms with Crippen LogP contribution < -0.4 is 4.90 Å². The second kappa shape index (κ2) is 6.48. The Kier molecular flexibility index (Phi) is 4.55. The molecule has 0 aliphatic carbocycles. The summed E-state index contributed by atoms with van der Waals surface area (Å²) in [4.78, 5) is 33.3. The molecule has 1 aromatic carbocycles. The normalized spacial score (nSPS) is 15.0. The summed E-state index contributed by atoms with van der Waals surface area (Å²) in [6.07, 6.45) is -0.549. The monoisotopic (exact) mass is 416 g/mol. The van der Waals surface area contributed by atoms with Gasteiger partial charge in [-0.2, -0.15) is 0 Å². The lowest BCUT2D eigenvalue weighted by Gasteiger charge is -2.34. The summed E-state index contributed by atoms with van der Waals surface area (Å²) in [6, 6.07) is 1.53. The van der Waals surface area contributed by atoms with E-state index in [4.69, 9.17) is 16.7 Å². The van der Waals surface area contributed by atoms with E-state index in [1.165, 1.54) is 11.0 Å². The van der Waals surface area contributed by atoms with Crippen LogP contribution in [0.1, 0.15) is 10.6 Å². The molecular weight excluding hydrogens is 407 g/mol. The molecular formula is C14H11BrClFN4O3. The minimum absolute atomic E-state index is 0.0148. The third kappa shape index (κ3) is 2.89. The smallest absolute Gasteiger partial charge is 0.407 e. The topological polar surface area (TPSA) is 86.6 Å². The Morgan fingerprint density at radius 1 is 1.33 bits per heavy atom. The third-order valence-electron chi connectivity index (χ3n) is 3.78. The van der Waals surface area contributed by atoms with Crippen molar-refractivity contribution in [2.75, 3.05) is 31.1 Å². The number of fused-ring (bicyclic) bond motifs is 1. The molecule has 24 heavy (non-hydrogen) atoms. The van der Waals surface area contributed by atoms with E-state index in [1.54, 1.807) is 4.90 Å². The standard InChI is InChI=1S/C14H11BrClFN4O3/c15-10-8(16)5-7-12(11(10)17)18-9(6-22)19-13(7)20-1-3-21(4-2-20)14(23)24/h5-6H,1-4H2,(H,23,24). The number of carbonyl (C=O) groups excluding carboxylic acids is 1. The number of carboxylic acid groups (broad SMARTS) is 1. The summed E-state index contributed by atoms with van der Waals surface area (Å²) in [6.45, 7) is 1.30. The number of aromatic nitrogens is 2. The average Bonchev–Trinajstić information content (AvgIpc) is 2.59. The first-order valence-electron chi connectivity index (χ1n) is 6.95. The lowest BCUT2D eigenvalue weighted by atomic mass is 10.2. The first kappa shape index (κ1) is 16.8. The fourth-order valence-corrected chi connectivity index (χ4v) is 3.07. The van der Waals surface area contributed by atoms with Crippen LogP contribution in [0.15, 0.2) is 10.5 Å². The Hall–Kier alpha value is -2.00. The van der Waals surface area contributed by atoms with Crippen LogP contribution >= 0.6 is 27.5 Å². The molecule has 7 nitrogen and oxygen atoms in total. The molecule has 1 fully saturated rings. The fraction of sp³-hybridized carbons (Fsp3) is 0.286. The van der Waals surface area contributed by atoms with Crippen LogP contribution in [0.4, 0.5) is 15.0 Å². The summed E-state index contributed by atoms with van der Waals surface area (Å²) >= 11 is 9.08. The summed E-state index contributed by atoms with van der Waals surface area (Å²) in [5, 5.41) is 9.55. The van der Waals surface area contributed by atoms with Gasteiger partial charge in [-0.3, -0.25) is 4.79 Å². The maximum Gasteiger partial charge on any atom is 0.407 e. The number of rotatable bonds is 2. The SMILES string of the molecule is O=Cc1nc(N2CCN(C(=O)O)CC2)c2cc(Cl)c(Br)c(F)c2n1. The molecule has 1 aliphatic heterocycles. The van der Waals surface area contributed by atoms with Crippen molar-refractivity contribution in [3.05, 3.63) is 27.2 Å². The molecule has 1 saturated heterocycles. The van der Waals surface area contributed by atoms with Crippen LogP contribution in [0, 0.1) is 5.82 Å². The van der Waals surface area contributed by atoms with Crippen molar-refractivity contribution in [2.24, 2.45) is 0 Å². The van der Waals surface area contributed by atoms with Gasteiger partial charge < -0.3 is 14.9 Å². The van der Waals surface area contributed by atoms with Gasteiger partial charge >= 0.3 is 6.09 Å². The Morgan fingerprint density at radius 3 is 2.58 bits per heavy atom. The van der Waals surface area contributed by atoms with Crippen LogP contribution in [0.25, 0.3) is 10.9 Å². The van der Waals surface area contributed by atoms with Crippen molar-refractivity contribution < 1.29 is 19.1 Å². The average molecular weight is 418 g/mol. The number of piperazine rings is 1. The Balaban J connectivity index is 2.10. The molecule has 1 amide bonds. The number of hydrogen-bond donors (Lipinski definition) is 1. The predicted octanol–water partition coefficient (Wildman–Crippen LogP) is 2.80. The highest BCUT2D eigenvalue weighted by atomic mass is 79.9. The van der Waals surface area contributed by atoms with Gasteiger partial charge in [-0.15, -0.1) is 0 Å². The van der Waals surface area contributed by atoms with E-state index < -0.39 is 11.9 Å². The van der Waals surface area contributed by atoms with Gasteiger partial charge in [0.05, 0.1) is 9.50 Å². The number of anilines is 1. The molecule has 2 aromatic rings. The van der Waals surface area contributed by atoms with Crippen molar-refractivity contribution >= 4 is 56.6 Å². The molecule has 0 unspecified atom stereocenters. The zero-order valence-corrected chi connectivity index (χ0v) is 14.5. The first-order valence-corrected chi connectivity index (χ1v) is 8.12. The van der Waals surface area contributed by atoms with Gasteiger partial charge in [-0.1, -0.05) is 11.6 Å². The van der Waals surface area contributed by atoms with Gasteiger partial charge in [0.25, 0.3) is 0 Å². The zero-order chi connectivity index (χ0) is 17.4. The van der Waals surface area contributed by atoms with Crippen LogP contribution in [-0.2, 0) is 0 Å². The van der Waals surface area contributed by atoms with Gasteiger partial charge in [0, 0.05) is 31.6 Å². The summed E-state index contributed by atoms with van der Waals surface area (Å²) in [7, 11) is 0. The van der Waals surface area contributed by atoms with Crippen LogP contribution in [0.3, 0.4) is 0 Å². The van der Waals surface area contributed by atoms with Crippen molar-refractivity contribution in [3.63, 3.8) is 0 Å². The van der Waals surface area contributed by atoms with E-state index >= 15 is 0 Å². The van der Waals surface area contributed by atoms with Crippen molar-refractivity contribution in [1.29, 1.82) is 0 Å². The number of halogens is 3. The first-order chi connectivity index (χ1) is 11.4. The maximum atomic E-state index is 14.4.